The predicted molar refractivity (Wildman–Crippen MR) is 79.0 cm³/mol. The second-order valence-corrected chi connectivity index (χ2v) is 5.94. The summed E-state index contributed by atoms with van der Waals surface area (Å²) in [5, 5.41) is 0. The SMILES string of the molecule is Cl.[Ti][C](C1=CC=CC1)(C1=CC=CC1)c1ccccc1. The van der Waals surface area contributed by atoms with Crippen LogP contribution in [0.15, 0.2) is 77.9 Å². The van der Waals surface area contributed by atoms with Crippen molar-refractivity contribution in [1.29, 1.82) is 0 Å². The van der Waals surface area contributed by atoms with E-state index in [2.05, 4.69) is 87.2 Å². The molecule has 0 atom stereocenters. The van der Waals surface area contributed by atoms with Crippen molar-refractivity contribution in [1.82, 2.24) is 0 Å². The van der Waals surface area contributed by atoms with E-state index >= 15 is 0 Å². The third-order valence-electron chi connectivity index (χ3n) is 3.71. The van der Waals surface area contributed by atoms with Gasteiger partial charge in [0.1, 0.15) is 0 Å². The zero-order valence-corrected chi connectivity index (χ0v) is 13.1. The fourth-order valence-electron chi connectivity index (χ4n) is 2.72. The van der Waals surface area contributed by atoms with Gasteiger partial charge in [0.25, 0.3) is 0 Å². The van der Waals surface area contributed by atoms with Crippen LogP contribution >= 0.6 is 12.4 Å². The maximum atomic E-state index is 2.36. The van der Waals surface area contributed by atoms with E-state index in [0.29, 0.717) is 0 Å². The molecule has 0 saturated carbocycles. The first-order valence-corrected chi connectivity index (χ1v) is 7.13. The van der Waals surface area contributed by atoms with Crippen LogP contribution in [0, 0.1) is 0 Å². The first-order valence-electron chi connectivity index (χ1n) is 6.34. The van der Waals surface area contributed by atoms with E-state index in [-0.39, 0.29) is 16.1 Å². The molecule has 0 unspecified atom stereocenters. The zero-order chi connectivity index (χ0) is 12.4. The standard InChI is InChI=1S/C17H15.ClH.Ti/c1-2-8-14(9-3-1)17(15-10-4-5-11-15)16-12-6-7-13-16;;/h1-10,12H,11,13H2;1H;. The van der Waals surface area contributed by atoms with Crippen LogP contribution in [0.4, 0.5) is 0 Å². The topological polar surface area (TPSA) is 0 Å². The quantitative estimate of drug-likeness (QED) is 0.715. The molecule has 0 saturated heterocycles. The minimum atomic E-state index is 0. The number of hydrogen-bond acceptors (Lipinski definition) is 0. The van der Waals surface area contributed by atoms with Gasteiger partial charge in [0.15, 0.2) is 0 Å². The van der Waals surface area contributed by atoms with Crippen molar-refractivity contribution in [3.05, 3.63) is 83.5 Å². The van der Waals surface area contributed by atoms with E-state index in [4.69, 9.17) is 0 Å². The van der Waals surface area contributed by atoms with Crippen LogP contribution in [0.1, 0.15) is 18.4 Å². The van der Waals surface area contributed by atoms with Gasteiger partial charge in [-0.3, -0.25) is 0 Å². The summed E-state index contributed by atoms with van der Waals surface area (Å²) in [6, 6.07) is 10.9. The Hall–Kier alpha value is -0.816. The first-order chi connectivity index (χ1) is 8.82. The Kier molecular flexibility index (Phi) is 4.68. The molecular weight excluding hydrogens is 288 g/mol. The third-order valence-corrected chi connectivity index (χ3v) is 5.17. The molecule has 0 N–H and O–H groups in total. The van der Waals surface area contributed by atoms with Crippen LogP contribution in [0.5, 0.6) is 0 Å². The molecule has 3 rings (SSSR count). The van der Waals surface area contributed by atoms with Crippen LogP contribution in [-0.2, 0) is 24.2 Å². The van der Waals surface area contributed by atoms with E-state index < -0.39 is 0 Å². The molecule has 0 aromatic heterocycles. The van der Waals surface area contributed by atoms with Gasteiger partial charge in [-0.1, -0.05) is 0 Å². The Balaban J connectivity index is 0.00000133. The van der Waals surface area contributed by atoms with Crippen molar-refractivity contribution in [3.63, 3.8) is 0 Å². The first kappa shape index (κ1) is 14.6. The van der Waals surface area contributed by atoms with Crippen LogP contribution < -0.4 is 0 Å². The fourth-order valence-corrected chi connectivity index (χ4v) is 3.56. The molecule has 0 radical (unpaired) electrons. The van der Waals surface area contributed by atoms with E-state index in [1.54, 1.807) is 0 Å². The molecule has 0 bridgehead atoms. The Morgan fingerprint density at radius 2 is 1.37 bits per heavy atom. The Labute approximate surface area is 132 Å². The Morgan fingerprint density at radius 1 is 0.842 bits per heavy atom. The summed E-state index contributed by atoms with van der Waals surface area (Å²) in [4.78, 5) is 0. The van der Waals surface area contributed by atoms with Crippen LogP contribution in [0.25, 0.3) is 0 Å². The zero-order valence-electron chi connectivity index (χ0n) is 10.7. The van der Waals surface area contributed by atoms with Crippen molar-refractivity contribution in [3.8, 4) is 0 Å². The molecule has 1 aromatic rings. The second-order valence-electron chi connectivity index (χ2n) is 4.76. The van der Waals surface area contributed by atoms with Gasteiger partial charge in [0.2, 0.25) is 0 Å². The maximum absolute atomic E-state index is 2.36. The summed E-state index contributed by atoms with van der Waals surface area (Å²) in [5.41, 5.74) is 4.40. The average Bonchev–Trinajstić information content (AvgIpc) is 3.12. The normalized spacial score (nSPS) is 17.0. The Bertz CT molecular complexity index is 534. The fraction of sp³-hybridized carbons (Fsp3) is 0.176. The summed E-state index contributed by atoms with van der Waals surface area (Å²) in [5.74, 6) is 0. The molecule has 0 fully saturated rings. The monoisotopic (exact) mass is 303 g/mol. The van der Waals surface area contributed by atoms with Gasteiger partial charge in [-0.05, 0) is 0 Å². The molecule has 2 aliphatic rings. The third kappa shape index (κ3) is 2.58. The number of hydrogen-bond donors (Lipinski definition) is 0. The molecule has 1 aromatic carbocycles. The van der Waals surface area contributed by atoms with Crippen LogP contribution in [-0.4, -0.2) is 0 Å². The molecule has 95 valence electrons. The van der Waals surface area contributed by atoms with Crippen molar-refractivity contribution in [2.24, 2.45) is 0 Å². The molecule has 0 aliphatic heterocycles. The van der Waals surface area contributed by atoms with E-state index in [9.17, 15) is 0 Å². The van der Waals surface area contributed by atoms with Gasteiger partial charge in [-0.25, -0.2) is 0 Å². The van der Waals surface area contributed by atoms with E-state index in [1.165, 1.54) is 16.7 Å². The summed E-state index contributed by atoms with van der Waals surface area (Å²) < 4.78 is 0.0499. The van der Waals surface area contributed by atoms with Crippen LogP contribution in [0.2, 0.25) is 0 Å². The van der Waals surface area contributed by atoms with Crippen molar-refractivity contribution in [2.45, 2.75) is 16.6 Å². The molecule has 0 nitrogen and oxygen atoms in total. The average molecular weight is 304 g/mol. The minimum absolute atomic E-state index is 0. The van der Waals surface area contributed by atoms with Gasteiger partial charge >= 0.3 is 120 Å². The second kappa shape index (κ2) is 6.09. The van der Waals surface area contributed by atoms with Crippen molar-refractivity contribution in [2.75, 3.05) is 0 Å². The van der Waals surface area contributed by atoms with Crippen LogP contribution in [0.3, 0.4) is 0 Å². The molecule has 0 spiro atoms. The molecule has 19 heavy (non-hydrogen) atoms. The van der Waals surface area contributed by atoms with Gasteiger partial charge < -0.3 is 0 Å². The van der Waals surface area contributed by atoms with Crippen molar-refractivity contribution >= 4 is 12.4 Å². The number of rotatable bonds is 3. The van der Waals surface area contributed by atoms with Gasteiger partial charge in [0.05, 0.1) is 0 Å². The van der Waals surface area contributed by atoms with Gasteiger partial charge in [0, 0.05) is 0 Å². The number of allylic oxidation sites excluding steroid dienone is 8. The molecular formula is C17H16ClTi. The molecule has 2 heteroatoms. The molecule has 0 amide bonds. The van der Waals surface area contributed by atoms with E-state index in [1.807, 2.05) is 0 Å². The summed E-state index contributed by atoms with van der Waals surface area (Å²) in [7, 11) is 0. The van der Waals surface area contributed by atoms with Gasteiger partial charge in [-0.2, -0.15) is 0 Å². The van der Waals surface area contributed by atoms with E-state index in [0.717, 1.165) is 12.8 Å². The predicted octanol–water partition coefficient (Wildman–Crippen LogP) is 4.62. The molecule has 2 aliphatic carbocycles. The Morgan fingerprint density at radius 3 is 1.79 bits per heavy atom. The summed E-state index contributed by atoms with van der Waals surface area (Å²) in [6.07, 6.45) is 15.6. The number of benzene rings is 1. The summed E-state index contributed by atoms with van der Waals surface area (Å²) in [6.45, 7) is 0. The molecule has 0 heterocycles. The summed E-state index contributed by atoms with van der Waals surface area (Å²) >= 11 is 2.36. The van der Waals surface area contributed by atoms with Crippen molar-refractivity contribution < 1.29 is 20.4 Å². The number of halogens is 1. The van der Waals surface area contributed by atoms with Gasteiger partial charge in [-0.15, -0.1) is 12.4 Å².